The van der Waals surface area contributed by atoms with Crippen LogP contribution in [0.4, 0.5) is 10.1 Å². The fourth-order valence-corrected chi connectivity index (χ4v) is 3.55. The molecule has 1 amide bonds. The lowest BCUT2D eigenvalue weighted by atomic mass is 10.3. The van der Waals surface area contributed by atoms with E-state index in [0.29, 0.717) is 0 Å². The molecule has 0 unspecified atom stereocenters. The Balaban J connectivity index is 3.46. The van der Waals surface area contributed by atoms with E-state index in [9.17, 15) is 17.6 Å². The highest BCUT2D eigenvalue weighted by Crippen LogP contribution is 2.35. The average Bonchev–Trinajstić information content (AvgIpc) is 2.37. The zero-order valence-corrected chi connectivity index (χ0v) is 13.5. The predicted octanol–water partition coefficient (Wildman–Crippen LogP) is 1.32. The second-order valence-corrected chi connectivity index (χ2v) is 6.90. The van der Waals surface area contributed by atoms with Crippen LogP contribution in [0.3, 0.4) is 0 Å². The van der Waals surface area contributed by atoms with Crippen molar-refractivity contribution < 1.29 is 17.6 Å². The number of anilines is 1. The summed E-state index contributed by atoms with van der Waals surface area (Å²) in [5.74, 6) is -1.99. The Morgan fingerprint density at radius 3 is 2.55 bits per heavy atom. The van der Waals surface area contributed by atoms with Gasteiger partial charge in [-0.2, -0.15) is 4.31 Å². The van der Waals surface area contributed by atoms with Crippen molar-refractivity contribution in [2.24, 2.45) is 5.73 Å². The van der Waals surface area contributed by atoms with E-state index in [4.69, 9.17) is 23.1 Å². The van der Waals surface area contributed by atoms with Crippen molar-refractivity contribution in [3.8, 4) is 0 Å². The zero-order chi connectivity index (χ0) is 15.7. The van der Waals surface area contributed by atoms with E-state index in [1.807, 2.05) is 0 Å². The first-order valence-corrected chi connectivity index (χ1v) is 7.95. The van der Waals surface area contributed by atoms with Gasteiger partial charge in [-0.1, -0.05) is 18.5 Å². The molecule has 0 radical (unpaired) electrons. The molecule has 1 aromatic carbocycles. The Hall–Kier alpha value is -0.900. The number of hydrogen-bond acceptors (Lipinski definition) is 4. The monoisotopic (exact) mass is 387 g/mol. The smallest absolute Gasteiger partial charge is 0.246 e. The van der Waals surface area contributed by atoms with Crippen LogP contribution in [0.25, 0.3) is 0 Å². The summed E-state index contributed by atoms with van der Waals surface area (Å²) in [6.45, 7) is 0.867. The maximum atomic E-state index is 14.0. The molecule has 20 heavy (non-hydrogen) atoms. The third-order valence-corrected chi connectivity index (χ3v) is 5.76. The lowest BCUT2D eigenvalue weighted by Gasteiger charge is -2.20. The average molecular weight is 389 g/mol. The number of benzene rings is 1. The van der Waals surface area contributed by atoms with Crippen molar-refractivity contribution in [3.63, 3.8) is 0 Å². The number of primary amides is 1. The molecule has 1 rings (SSSR count). The molecule has 0 aliphatic rings. The summed E-state index contributed by atoms with van der Waals surface area (Å²) < 4.78 is 39.4. The molecule has 0 spiro atoms. The normalized spacial score (nSPS) is 11.8. The van der Waals surface area contributed by atoms with Crippen molar-refractivity contribution in [2.45, 2.75) is 11.8 Å². The van der Waals surface area contributed by atoms with Crippen LogP contribution in [0.1, 0.15) is 6.92 Å². The first-order chi connectivity index (χ1) is 9.12. The minimum absolute atomic E-state index is 0.0572. The fraction of sp³-hybridized carbons (Fsp3) is 0.300. The third kappa shape index (κ3) is 3.22. The van der Waals surface area contributed by atoms with Gasteiger partial charge in [0.25, 0.3) is 0 Å². The molecule has 0 saturated heterocycles. The number of likely N-dealkylation sites (N-methyl/N-ethyl adjacent to an activating group) is 1. The first-order valence-electron chi connectivity index (χ1n) is 5.34. The second-order valence-electron chi connectivity index (χ2n) is 3.80. The number of nitrogens with zero attached hydrogens (tertiary/aromatic N) is 1. The van der Waals surface area contributed by atoms with Crippen LogP contribution in [0.2, 0.25) is 5.02 Å². The highest BCUT2D eigenvalue weighted by Gasteiger charge is 2.30. The minimum atomic E-state index is -4.27. The van der Waals surface area contributed by atoms with Crippen LogP contribution >= 0.6 is 27.5 Å². The number of amides is 1. The molecule has 0 aromatic heterocycles. The Morgan fingerprint density at radius 1 is 1.55 bits per heavy atom. The van der Waals surface area contributed by atoms with E-state index >= 15 is 0 Å². The predicted molar refractivity (Wildman–Crippen MR) is 77.1 cm³/mol. The SMILES string of the molecule is CCN(CC(N)=O)S(=O)(=O)c1cc(Cl)c(Br)c(N)c1F. The Bertz CT molecular complexity index is 654. The molecular weight excluding hydrogens is 377 g/mol. The summed E-state index contributed by atoms with van der Waals surface area (Å²) >= 11 is 8.73. The highest BCUT2D eigenvalue weighted by molar-refractivity contribution is 9.10. The van der Waals surface area contributed by atoms with Gasteiger partial charge in [-0.15, -0.1) is 0 Å². The van der Waals surface area contributed by atoms with E-state index in [-0.39, 0.29) is 16.0 Å². The zero-order valence-electron chi connectivity index (χ0n) is 10.4. The van der Waals surface area contributed by atoms with Gasteiger partial charge in [0.15, 0.2) is 5.82 Å². The van der Waals surface area contributed by atoms with Crippen molar-refractivity contribution >= 4 is 49.1 Å². The summed E-state index contributed by atoms with van der Waals surface area (Å²) in [7, 11) is -4.27. The van der Waals surface area contributed by atoms with Gasteiger partial charge in [-0.3, -0.25) is 4.79 Å². The number of nitrogen functional groups attached to an aromatic ring is 1. The quantitative estimate of drug-likeness (QED) is 0.586. The molecule has 4 N–H and O–H groups in total. The summed E-state index contributed by atoms with van der Waals surface area (Å²) in [6, 6.07) is 0.927. The van der Waals surface area contributed by atoms with E-state index in [0.717, 1.165) is 10.4 Å². The Labute approximate surface area is 129 Å². The van der Waals surface area contributed by atoms with Crippen LogP contribution in [-0.2, 0) is 14.8 Å². The number of halogens is 3. The largest absolute Gasteiger partial charge is 0.395 e. The van der Waals surface area contributed by atoms with Crippen LogP contribution in [-0.4, -0.2) is 31.7 Å². The van der Waals surface area contributed by atoms with E-state index in [1.165, 1.54) is 6.92 Å². The highest BCUT2D eigenvalue weighted by atomic mass is 79.9. The Morgan fingerprint density at radius 2 is 2.10 bits per heavy atom. The topological polar surface area (TPSA) is 106 Å². The van der Waals surface area contributed by atoms with Crippen LogP contribution < -0.4 is 11.5 Å². The molecule has 10 heteroatoms. The molecule has 0 aliphatic carbocycles. The molecule has 112 valence electrons. The van der Waals surface area contributed by atoms with Gasteiger partial charge in [-0.25, -0.2) is 12.8 Å². The van der Waals surface area contributed by atoms with Gasteiger partial charge >= 0.3 is 0 Å². The summed E-state index contributed by atoms with van der Waals surface area (Å²) in [5, 5.41) is -0.0578. The molecule has 0 atom stereocenters. The van der Waals surface area contributed by atoms with E-state index in [2.05, 4.69) is 15.9 Å². The van der Waals surface area contributed by atoms with Crippen LogP contribution in [0.15, 0.2) is 15.4 Å². The molecule has 6 nitrogen and oxygen atoms in total. The molecule has 0 heterocycles. The molecule has 0 saturated carbocycles. The van der Waals surface area contributed by atoms with Crippen LogP contribution in [0.5, 0.6) is 0 Å². The fourth-order valence-electron chi connectivity index (χ4n) is 1.47. The molecular formula is C10H12BrClFN3O3S. The summed E-state index contributed by atoms with van der Waals surface area (Å²) in [4.78, 5) is 10.2. The van der Waals surface area contributed by atoms with E-state index < -0.39 is 38.9 Å². The summed E-state index contributed by atoms with van der Waals surface area (Å²) in [5.41, 5.74) is 9.99. The van der Waals surface area contributed by atoms with E-state index in [1.54, 1.807) is 0 Å². The number of sulfonamides is 1. The Kier molecular flexibility index (Phi) is 5.36. The molecule has 0 aliphatic heterocycles. The maximum absolute atomic E-state index is 14.0. The van der Waals surface area contributed by atoms with Gasteiger partial charge in [0.05, 0.1) is 21.7 Å². The standard InChI is InChI=1S/C10H12BrClFN3O3S/c1-2-16(4-7(14)17)20(18,19)6-3-5(12)8(11)10(15)9(6)13/h3H,2,4,15H2,1H3,(H2,14,17). The third-order valence-electron chi connectivity index (χ3n) is 2.46. The van der Waals surface area contributed by atoms with Crippen molar-refractivity contribution in [2.75, 3.05) is 18.8 Å². The van der Waals surface area contributed by atoms with Gasteiger partial charge in [0.2, 0.25) is 15.9 Å². The maximum Gasteiger partial charge on any atom is 0.246 e. The van der Waals surface area contributed by atoms with Crippen molar-refractivity contribution in [3.05, 3.63) is 21.4 Å². The van der Waals surface area contributed by atoms with Gasteiger partial charge < -0.3 is 11.5 Å². The molecule has 0 fully saturated rings. The second kappa shape index (κ2) is 6.25. The number of hydrogen-bond donors (Lipinski definition) is 2. The number of carbonyl (C=O) groups excluding carboxylic acids is 1. The van der Waals surface area contributed by atoms with Crippen molar-refractivity contribution in [1.29, 1.82) is 0 Å². The molecule has 0 bridgehead atoms. The number of carbonyl (C=O) groups is 1. The number of nitrogens with two attached hydrogens (primary N) is 2. The van der Waals surface area contributed by atoms with Gasteiger partial charge in [0, 0.05) is 6.54 Å². The summed E-state index contributed by atoms with van der Waals surface area (Å²) in [6.07, 6.45) is 0. The van der Waals surface area contributed by atoms with Gasteiger partial charge in [-0.05, 0) is 22.0 Å². The van der Waals surface area contributed by atoms with Crippen molar-refractivity contribution in [1.82, 2.24) is 4.31 Å². The first kappa shape index (κ1) is 17.2. The molecule has 1 aromatic rings. The number of rotatable bonds is 5. The lowest BCUT2D eigenvalue weighted by Crippen LogP contribution is -2.38. The minimum Gasteiger partial charge on any atom is -0.395 e. The van der Waals surface area contributed by atoms with Gasteiger partial charge in [0.1, 0.15) is 4.90 Å². The van der Waals surface area contributed by atoms with Crippen LogP contribution in [0, 0.1) is 5.82 Å². The lowest BCUT2D eigenvalue weighted by molar-refractivity contribution is -0.118.